The number of carbonyl (C=O) groups is 1. The first-order chi connectivity index (χ1) is 13.6. The molecule has 0 bridgehead atoms. The van der Waals surface area contributed by atoms with Gasteiger partial charge in [-0.25, -0.2) is 4.98 Å². The molecular formula is C22H19N3O3. The molecule has 0 atom stereocenters. The number of rotatable bonds is 5. The molecule has 140 valence electrons. The van der Waals surface area contributed by atoms with Gasteiger partial charge < -0.3 is 14.7 Å². The van der Waals surface area contributed by atoms with E-state index in [1.54, 1.807) is 12.3 Å². The number of oxazole rings is 1. The zero-order chi connectivity index (χ0) is 19.5. The molecule has 28 heavy (non-hydrogen) atoms. The fourth-order valence-electron chi connectivity index (χ4n) is 3.04. The van der Waals surface area contributed by atoms with Gasteiger partial charge in [-0.05, 0) is 25.1 Å². The molecule has 2 N–H and O–H groups in total. The van der Waals surface area contributed by atoms with Crippen LogP contribution in [-0.4, -0.2) is 22.4 Å². The smallest absolute Gasteiger partial charge is 0.252 e. The van der Waals surface area contributed by atoms with E-state index in [2.05, 4.69) is 15.3 Å². The molecule has 1 amide bonds. The minimum Gasteiger partial charge on any atom is -0.444 e. The maximum atomic E-state index is 12.6. The van der Waals surface area contributed by atoms with Crippen LogP contribution in [0.4, 0.5) is 0 Å². The molecule has 0 aliphatic carbocycles. The maximum Gasteiger partial charge on any atom is 0.252 e. The number of aryl methyl sites for hydroxylation is 1. The highest BCUT2D eigenvalue weighted by Crippen LogP contribution is 2.19. The van der Waals surface area contributed by atoms with Gasteiger partial charge in [0.05, 0.1) is 11.3 Å². The Labute approximate surface area is 161 Å². The molecule has 0 fully saturated rings. The monoisotopic (exact) mass is 373 g/mol. The highest BCUT2D eigenvalue weighted by atomic mass is 16.3. The number of aromatic nitrogens is 2. The molecule has 2 aromatic carbocycles. The summed E-state index contributed by atoms with van der Waals surface area (Å²) < 4.78 is 5.54. The second-order valence-corrected chi connectivity index (χ2v) is 6.61. The van der Waals surface area contributed by atoms with E-state index < -0.39 is 0 Å². The van der Waals surface area contributed by atoms with Gasteiger partial charge >= 0.3 is 0 Å². The van der Waals surface area contributed by atoms with Crippen molar-refractivity contribution in [3.63, 3.8) is 0 Å². The fourth-order valence-corrected chi connectivity index (χ4v) is 3.04. The molecule has 6 heteroatoms. The Balaban J connectivity index is 1.43. The highest BCUT2D eigenvalue weighted by Gasteiger charge is 2.12. The summed E-state index contributed by atoms with van der Waals surface area (Å²) in [7, 11) is 0. The predicted molar refractivity (Wildman–Crippen MR) is 107 cm³/mol. The Morgan fingerprint density at radius 2 is 1.93 bits per heavy atom. The Hall–Kier alpha value is -3.67. The lowest BCUT2D eigenvalue weighted by Crippen LogP contribution is -2.27. The van der Waals surface area contributed by atoms with E-state index in [1.165, 1.54) is 11.6 Å². The van der Waals surface area contributed by atoms with Crippen molar-refractivity contribution in [3.05, 3.63) is 88.0 Å². The number of para-hydroxylation sites is 1. The van der Waals surface area contributed by atoms with Crippen LogP contribution in [0.1, 0.15) is 21.6 Å². The lowest BCUT2D eigenvalue weighted by Gasteiger charge is -2.07. The molecule has 2 heterocycles. The van der Waals surface area contributed by atoms with Gasteiger partial charge in [0.25, 0.3) is 5.91 Å². The summed E-state index contributed by atoms with van der Waals surface area (Å²) in [4.78, 5) is 31.6. The predicted octanol–water partition coefficient (Wildman–Crippen LogP) is 3.46. The number of hydrogen-bond acceptors (Lipinski definition) is 4. The quantitative estimate of drug-likeness (QED) is 0.561. The summed E-state index contributed by atoms with van der Waals surface area (Å²) >= 11 is 0. The van der Waals surface area contributed by atoms with Crippen LogP contribution in [0.3, 0.4) is 0 Å². The first-order valence-electron chi connectivity index (χ1n) is 9.02. The van der Waals surface area contributed by atoms with Gasteiger partial charge in [0.1, 0.15) is 6.26 Å². The van der Waals surface area contributed by atoms with Crippen molar-refractivity contribution in [2.75, 3.05) is 6.54 Å². The largest absolute Gasteiger partial charge is 0.444 e. The number of benzene rings is 2. The summed E-state index contributed by atoms with van der Waals surface area (Å²) in [6.45, 7) is 2.41. The highest BCUT2D eigenvalue weighted by molar-refractivity contribution is 6.05. The van der Waals surface area contributed by atoms with Crippen LogP contribution in [-0.2, 0) is 6.42 Å². The van der Waals surface area contributed by atoms with Gasteiger partial charge in [0, 0.05) is 35.5 Å². The second kappa shape index (κ2) is 7.52. The first-order valence-corrected chi connectivity index (χ1v) is 9.02. The molecule has 2 aromatic heterocycles. The molecule has 6 nitrogen and oxygen atoms in total. The first kappa shape index (κ1) is 17.7. The average molecular weight is 373 g/mol. The van der Waals surface area contributed by atoms with E-state index in [0.717, 1.165) is 11.3 Å². The lowest BCUT2D eigenvalue weighted by atomic mass is 10.1. The van der Waals surface area contributed by atoms with Gasteiger partial charge in [-0.15, -0.1) is 0 Å². The molecule has 0 aliphatic heterocycles. The number of carbonyl (C=O) groups excluding carboxylic acids is 1. The Kier molecular flexibility index (Phi) is 4.76. The van der Waals surface area contributed by atoms with Crippen LogP contribution < -0.4 is 10.9 Å². The zero-order valence-corrected chi connectivity index (χ0v) is 15.4. The number of fused-ring (bicyclic) bond motifs is 1. The third kappa shape index (κ3) is 3.71. The normalized spacial score (nSPS) is 10.9. The number of aromatic amines is 1. The Morgan fingerprint density at radius 1 is 1.14 bits per heavy atom. The number of hydrogen-bond donors (Lipinski definition) is 2. The molecule has 0 saturated heterocycles. The van der Waals surface area contributed by atoms with Crippen molar-refractivity contribution >= 4 is 16.8 Å². The van der Waals surface area contributed by atoms with Crippen molar-refractivity contribution in [2.24, 2.45) is 0 Å². The van der Waals surface area contributed by atoms with Crippen molar-refractivity contribution in [3.8, 4) is 11.5 Å². The molecule has 0 spiro atoms. The minimum absolute atomic E-state index is 0.287. The second-order valence-electron chi connectivity index (χ2n) is 6.61. The summed E-state index contributed by atoms with van der Waals surface area (Å²) in [5.41, 5.74) is 3.54. The van der Waals surface area contributed by atoms with Crippen LogP contribution >= 0.6 is 0 Å². The third-order valence-electron chi connectivity index (χ3n) is 4.51. The minimum atomic E-state index is -0.303. The number of H-pyrrole nitrogens is 1. The molecule has 0 radical (unpaired) electrons. The number of nitrogens with zero attached hydrogens (tertiary/aromatic N) is 1. The molecule has 4 aromatic rings. The molecule has 0 saturated carbocycles. The van der Waals surface area contributed by atoms with E-state index in [0.29, 0.717) is 35.3 Å². The zero-order valence-electron chi connectivity index (χ0n) is 15.4. The van der Waals surface area contributed by atoms with Gasteiger partial charge in [-0.1, -0.05) is 35.9 Å². The van der Waals surface area contributed by atoms with Crippen molar-refractivity contribution in [2.45, 2.75) is 13.3 Å². The van der Waals surface area contributed by atoms with Crippen LogP contribution in [0, 0.1) is 6.92 Å². The molecule has 0 aliphatic rings. The summed E-state index contributed by atoms with van der Waals surface area (Å²) in [5, 5.41) is 3.56. The van der Waals surface area contributed by atoms with Crippen LogP contribution in [0.25, 0.3) is 22.4 Å². The summed E-state index contributed by atoms with van der Waals surface area (Å²) in [5.74, 6) is 0.270. The van der Waals surface area contributed by atoms with E-state index >= 15 is 0 Å². The number of amides is 1. The molecule has 4 rings (SSSR count). The average Bonchev–Trinajstić information content (AvgIpc) is 3.16. The standard InChI is InChI=1S/C22H19N3O3/c1-14-6-8-15(9-7-14)22-24-16(13-28-22)10-11-23-21(27)18-12-20(26)25-19-5-3-2-4-17(18)19/h2-9,12-13H,10-11H2,1H3,(H,23,27)(H,25,26). The molecular weight excluding hydrogens is 354 g/mol. The maximum absolute atomic E-state index is 12.6. The van der Waals surface area contributed by atoms with E-state index in [-0.39, 0.29) is 11.5 Å². The van der Waals surface area contributed by atoms with Crippen LogP contribution in [0.5, 0.6) is 0 Å². The van der Waals surface area contributed by atoms with Gasteiger partial charge in [0.15, 0.2) is 0 Å². The number of pyridine rings is 1. The van der Waals surface area contributed by atoms with Crippen LogP contribution in [0.15, 0.2) is 70.1 Å². The van der Waals surface area contributed by atoms with Crippen molar-refractivity contribution < 1.29 is 9.21 Å². The van der Waals surface area contributed by atoms with E-state index in [4.69, 9.17) is 4.42 Å². The lowest BCUT2D eigenvalue weighted by molar-refractivity contribution is 0.0955. The molecule has 0 unspecified atom stereocenters. The Morgan fingerprint density at radius 3 is 2.75 bits per heavy atom. The summed E-state index contributed by atoms with van der Waals surface area (Å²) in [6.07, 6.45) is 2.13. The van der Waals surface area contributed by atoms with Crippen molar-refractivity contribution in [1.82, 2.24) is 15.3 Å². The van der Waals surface area contributed by atoms with Crippen molar-refractivity contribution in [1.29, 1.82) is 0 Å². The van der Waals surface area contributed by atoms with Gasteiger partial charge in [0.2, 0.25) is 11.4 Å². The summed E-state index contributed by atoms with van der Waals surface area (Å²) in [6, 6.07) is 16.5. The van der Waals surface area contributed by atoms with E-state index in [9.17, 15) is 9.59 Å². The fraction of sp³-hybridized carbons (Fsp3) is 0.136. The Bertz CT molecular complexity index is 1190. The SMILES string of the molecule is Cc1ccc(-c2nc(CCNC(=O)c3cc(=O)[nH]c4ccccc34)co2)cc1. The number of nitrogens with one attached hydrogen (secondary N) is 2. The van der Waals surface area contributed by atoms with Gasteiger partial charge in [-0.3, -0.25) is 9.59 Å². The topological polar surface area (TPSA) is 88.0 Å². The van der Waals surface area contributed by atoms with Crippen LogP contribution in [0.2, 0.25) is 0 Å². The van der Waals surface area contributed by atoms with Gasteiger partial charge in [-0.2, -0.15) is 0 Å². The third-order valence-corrected chi connectivity index (χ3v) is 4.51. The van der Waals surface area contributed by atoms with E-state index in [1.807, 2.05) is 49.4 Å².